The van der Waals surface area contributed by atoms with Gasteiger partial charge in [-0.2, -0.15) is 5.26 Å². The first-order valence-corrected chi connectivity index (χ1v) is 8.24. The Bertz CT molecular complexity index is 854. The summed E-state index contributed by atoms with van der Waals surface area (Å²) >= 11 is 0. The number of rotatable bonds is 3. The minimum atomic E-state index is -0.346. The van der Waals surface area contributed by atoms with Crippen molar-refractivity contribution in [1.82, 2.24) is 14.8 Å². The Kier molecular flexibility index (Phi) is 4.96. The Labute approximate surface area is 146 Å². The number of amides is 1. The lowest BCUT2D eigenvalue weighted by atomic mass is 10.1. The fourth-order valence-corrected chi connectivity index (χ4v) is 3.11. The molecule has 0 radical (unpaired) electrons. The molecule has 1 aliphatic rings. The highest BCUT2D eigenvalue weighted by Gasteiger charge is 2.30. The minimum absolute atomic E-state index is 0.145. The van der Waals surface area contributed by atoms with Crippen molar-refractivity contribution in [1.29, 1.82) is 5.26 Å². The maximum Gasteiger partial charge on any atom is 0.255 e. The maximum absolute atomic E-state index is 12.7. The average molecular weight is 336 g/mol. The lowest BCUT2D eigenvalue weighted by molar-refractivity contribution is 0.0551. The predicted octanol–water partition coefficient (Wildman–Crippen LogP) is 1.53. The van der Waals surface area contributed by atoms with E-state index in [-0.39, 0.29) is 17.5 Å². The van der Waals surface area contributed by atoms with E-state index in [4.69, 9.17) is 0 Å². The fraction of sp³-hybridized carbons (Fsp3) is 0.316. The van der Waals surface area contributed by atoms with Crippen molar-refractivity contribution in [3.63, 3.8) is 0 Å². The number of H-pyrrole nitrogens is 1. The van der Waals surface area contributed by atoms with E-state index in [1.807, 2.05) is 30.3 Å². The number of piperazine rings is 1. The molecule has 1 N–H and O–H groups in total. The zero-order valence-electron chi connectivity index (χ0n) is 14.1. The Morgan fingerprint density at radius 3 is 2.76 bits per heavy atom. The van der Waals surface area contributed by atoms with Crippen molar-refractivity contribution >= 4 is 5.91 Å². The first-order valence-electron chi connectivity index (χ1n) is 8.24. The summed E-state index contributed by atoms with van der Waals surface area (Å²) in [6.45, 7) is 4.00. The lowest BCUT2D eigenvalue weighted by Gasteiger charge is -2.38. The smallest absolute Gasteiger partial charge is 0.255 e. The molecule has 1 atom stereocenters. The third-order valence-electron chi connectivity index (χ3n) is 4.52. The number of benzene rings is 1. The monoisotopic (exact) mass is 336 g/mol. The van der Waals surface area contributed by atoms with Gasteiger partial charge in [-0.25, -0.2) is 0 Å². The molecule has 2 heterocycles. The summed E-state index contributed by atoms with van der Waals surface area (Å²) < 4.78 is 0. The van der Waals surface area contributed by atoms with Gasteiger partial charge in [0, 0.05) is 38.4 Å². The minimum Gasteiger partial charge on any atom is -0.335 e. The molecule has 1 aliphatic heterocycles. The van der Waals surface area contributed by atoms with Crippen molar-refractivity contribution in [2.75, 3.05) is 19.6 Å². The van der Waals surface area contributed by atoms with Crippen LogP contribution < -0.4 is 5.56 Å². The number of nitriles is 1. The summed E-state index contributed by atoms with van der Waals surface area (Å²) in [7, 11) is 0. The van der Waals surface area contributed by atoms with Gasteiger partial charge in [0.1, 0.15) is 6.04 Å². The second-order valence-corrected chi connectivity index (χ2v) is 6.25. The van der Waals surface area contributed by atoms with Crippen LogP contribution in [0.5, 0.6) is 0 Å². The van der Waals surface area contributed by atoms with Crippen LogP contribution in [0.15, 0.2) is 47.4 Å². The molecule has 25 heavy (non-hydrogen) atoms. The zero-order chi connectivity index (χ0) is 17.8. The van der Waals surface area contributed by atoms with Gasteiger partial charge >= 0.3 is 0 Å². The topological polar surface area (TPSA) is 80.2 Å². The van der Waals surface area contributed by atoms with Crippen molar-refractivity contribution in [2.24, 2.45) is 0 Å². The van der Waals surface area contributed by atoms with Gasteiger partial charge in [-0.3, -0.25) is 14.5 Å². The molecule has 1 fully saturated rings. The van der Waals surface area contributed by atoms with E-state index in [1.165, 1.54) is 12.3 Å². The number of nitrogens with one attached hydrogen (secondary N) is 1. The second-order valence-electron chi connectivity index (χ2n) is 6.25. The fourth-order valence-electron chi connectivity index (χ4n) is 3.11. The van der Waals surface area contributed by atoms with Crippen molar-refractivity contribution in [2.45, 2.75) is 19.5 Å². The highest BCUT2D eigenvalue weighted by Crippen LogP contribution is 2.16. The molecule has 1 amide bonds. The average Bonchev–Trinajstić information content (AvgIpc) is 2.62. The number of carbonyl (C=O) groups excluding carboxylic acids is 1. The Morgan fingerprint density at radius 1 is 1.32 bits per heavy atom. The number of aromatic nitrogens is 1. The summed E-state index contributed by atoms with van der Waals surface area (Å²) in [5.74, 6) is -0.145. The van der Waals surface area contributed by atoms with Crippen LogP contribution in [0, 0.1) is 18.3 Å². The van der Waals surface area contributed by atoms with Gasteiger partial charge in [0.2, 0.25) is 5.56 Å². The van der Waals surface area contributed by atoms with Crippen LogP contribution in [0.2, 0.25) is 0 Å². The van der Waals surface area contributed by atoms with Crippen LogP contribution in [-0.2, 0) is 6.54 Å². The quantitative estimate of drug-likeness (QED) is 0.922. The number of hydrogen-bond donors (Lipinski definition) is 1. The third kappa shape index (κ3) is 3.78. The summed E-state index contributed by atoms with van der Waals surface area (Å²) in [6.07, 6.45) is 1.46. The first kappa shape index (κ1) is 16.9. The molecule has 0 bridgehead atoms. The molecule has 128 valence electrons. The van der Waals surface area contributed by atoms with Gasteiger partial charge in [0.25, 0.3) is 5.91 Å². The molecule has 0 spiro atoms. The summed E-state index contributed by atoms with van der Waals surface area (Å²) in [4.78, 5) is 30.4. The van der Waals surface area contributed by atoms with Crippen molar-refractivity contribution in [3.05, 3.63) is 69.6 Å². The van der Waals surface area contributed by atoms with Gasteiger partial charge in [0.05, 0.1) is 11.6 Å². The van der Waals surface area contributed by atoms with E-state index in [2.05, 4.69) is 16.0 Å². The summed E-state index contributed by atoms with van der Waals surface area (Å²) in [5.41, 5.74) is 2.05. The molecule has 0 saturated carbocycles. The van der Waals surface area contributed by atoms with Crippen LogP contribution in [0.3, 0.4) is 0 Å². The summed E-state index contributed by atoms with van der Waals surface area (Å²) in [6, 6.07) is 13.4. The van der Waals surface area contributed by atoms with E-state index in [1.54, 1.807) is 11.8 Å². The molecule has 3 rings (SSSR count). The third-order valence-corrected chi connectivity index (χ3v) is 4.52. The highest BCUT2D eigenvalue weighted by atomic mass is 16.2. The van der Waals surface area contributed by atoms with Crippen LogP contribution in [-0.4, -0.2) is 46.4 Å². The van der Waals surface area contributed by atoms with Gasteiger partial charge in [-0.05, 0) is 18.1 Å². The van der Waals surface area contributed by atoms with Crippen LogP contribution in [0.4, 0.5) is 0 Å². The number of carbonyl (C=O) groups is 1. The SMILES string of the molecule is Cc1cc(=O)[nH]cc1C(=O)N1CCN(Cc2ccccc2)C(C#N)C1. The van der Waals surface area contributed by atoms with Gasteiger partial charge in [-0.1, -0.05) is 30.3 Å². The number of pyridine rings is 1. The Balaban J connectivity index is 1.72. The number of aryl methyl sites for hydroxylation is 1. The maximum atomic E-state index is 12.7. The van der Waals surface area contributed by atoms with Gasteiger partial charge in [0.15, 0.2) is 0 Å². The van der Waals surface area contributed by atoms with Gasteiger partial charge < -0.3 is 9.88 Å². The number of nitrogens with zero attached hydrogens (tertiary/aromatic N) is 3. The van der Waals surface area contributed by atoms with E-state index < -0.39 is 0 Å². The van der Waals surface area contributed by atoms with Crippen LogP contribution in [0.1, 0.15) is 21.5 Å². The molecule has 1 aromatic heterocycles. The molecular weight excluding hydrogens is 316 g/mol. The first-order chi connectivity index (χ1) is 12.1. The number of aromatic amines is 1. The van der Waals surface area contributed by atoms with E-state index in [0.29, 0.717) is 37.3 Å². The van der Waals surface area contributed by atoms with Crippen molar-refractivity contribution in [3.8, 4) is 6.07 Å². The molecule has 0 aliphatic carbocycles. The molecular formula is C19H20N4O2. The normalized spacial score (nSPS) is 17.9. The molecule has 1 aromatic carbocycles. The molecule has 1 saturated heterocycles. The standard InChI is InChI=1S/C19H20N4O2/c1-14-9-18(24)21-11-17(14)19(25)23-8-7-22(16(10-20)13-23)12-15-5-3-2-4-6-15/h2-6,9,11,16H,7-8,12-13H2,1H3,(H,21,24). The van der Waals surface area contributed by atoms with Crippen LogP contribution >= 0.6 is 0 Å². The lowest BCUT2D eigenvalue weighted by Crippen LogP contribution is -2.53. The number of hydrogen-bond acceptors (Lipinski definition) is 4. The Hall–Kier alpha value is -2.91. The summed E-state index contributed by atoms with van der Waals surface area (Å²) in [5, 5.41) is 9.52. The van der Waals surface area contributed by atoms with E-state index >= 15 is 0 Å². The highest BCUT2D eigenvalue weighted by molar-refractivity contribution is 5.95. The molecule has 1 unspecified atom stereocenters. The largest absolute Gasteiger partial charge is 0.335 e. The molecule has 2 aromatic rings. The van der Waals surface area contributed by atoms with Crippen LogP contribution in [0.25, 0.3) is 0 Å². The molecule has 6 nitrogen and oxygen atoms in total. The molecule has 6 heteroatoms. The van der Waals surface area contributed by atoms with E-state index in [0.717, 1.165) is 5.56 Å². The predicted molar refractivity (Wildman–Crippen MR) is 94.0 cm³/mol. The zero-order valence-corrected chi connectivity index (χ0v) is 14.1. The van der Waals surface area contributed by atoms with Crippen molar-refractivity contribution < 1.29 is 4.79 Å². The second kappa shape index (κ2) is 7.32. The Morgan fingerprint density at radius 2 is 2.08 bits per heavy atom. The van der Waals surface area contributed by atoms with Gasteiger partial charge in [-0.15, -0.1) is 0 Å². The van der Waals surface area contributed by atoms with E-state index in [9.17, 15) is 14.9 Å².